The largest absolute Gasteiger partial charge is 0.497 e. The first-order chi connectivity index (χ1) is 16.0. The van der Waals surface area contributed by atoms with Crippen molar-refractivity contribution in [3.63, 3.8) is 0 Å². The molecule has 0 aliphatic rings. The summed E-state index contributed by atoms with van der Waals surface area (Å²) in [5.74, 6) is 0.301. The summed E-state index contributed by atoms with van der Waals surface area (Å²) in [5, 5.41) is 6.74. The fourth-order valence-corrected chi connectivity index (χ4v) is 3.66. The van der Waals surface area contributed by atoms with Gasteiger partial charge in [0.25, 0.3) is 11.8 Å². The highest BCUT2D eigenvalue weighted by molar-refractivity contribution is 6.05. The van der Waals surface area contributed by atoms with E-state index in [2.05, 4.69) is 21.7 Å². The summed E-state index contributed by atoms with van der Waals surface area (Å²) >= 11 is 0. The molecule has 2 heterocycles. The molecule has 0 bridgehead atoms. The molecule has 0 aliphatic carbocycles. The molecule has 0 saturated heterocycles. The van der Waals surface area contributed by atoms with Crippen LogP contribution in [0.1, 0.15) is 27.4 Å². The summed E-state index contributed by atoms with van der Waals surface area (Å²) in [4.78, 5) is 29.0. The molecular weight excluding hydrogens is 418 g/mol. The Bertz CT molecular complexity index is 1290. The van der Waals surface area contributed by atoms with Crippen molar-refractivity contribution in [1.82, 2.24) is 15.6 Å². The maximum Gasteiger partial charge on any atom is 0.267 e. The molecule has 0 aliphatic heterocycles. The molecule has 2 aromatic heterocycles. The van der Waals surface area contributed by atoms with Crippen LogP contribution in [0.3, 0.4) is 0 Å². The number of hydrogen-bond acceptors (Lipinski definition) is 4. The van der Waals surface area contributed by atoms with Gasteiger partial charge in [0.2, 0.25) is 0 Å². The predicted molar refractivity (Wildman–Crippen MR) is 127 cm³/mol. The number of benzene rings is 2. The lowest BCUT2D eigenvalue weighted by Gasteiger charge is -2.11. The van der Waals surface area contributed by atoms with E-state index in [1.54, 1.807) is 43.5 Å². The van der Waals surface area contributed by atoms with Crippen molar-refractivity contribution in [2.75, 3.05) is 13.7 Å². The molecule has 0 radical (unpaired) electrons. The number of rotatable bonds is 8. The summed E-state index contributed by atoms with van der Waals surface area (Å²) in [6.45, 7) is 2.43. The average molecular weight is 444 g/mol. The number of nitrogens with one attached hydrogen (secondary N) is 3. The number of ether oxygens (including phenoxy) is 1. The van der Waals surface area contributed by atoms with Gasteiger partial charge < -0.3 is 24.8 Å². The molecule has 7 heteroatoms. The second-order valence-corrected chi connectivity index (χ2v) is 7.54. The molecule has 0 fully saturated rings. The Hall–Kier alpha value is -4.26. The first-order valence-corrected chi connectivity index (χ1v) is 10.6. The highest BCUT2D eigenvalue weighted by Crippen LogP contribution is 2.22. The highest BCUT2D eigenvalue weighted by atomic mass is 16.5. The van der Waals surface area contributed by atoms with Crippen molar-refractivity contribution >= 4 is 28.8 Å². The molecule has 7 nitrogen and oxygen atoms in total. The van der Waals surface area contributed by atoms with Gasteiger partial charge in [-0.1, -0.05) is 18.2 Å². The Morgan fingerprint density at radius 2 is 1.85 bits per heavy atom. The number of aryl methyl sites for hydroxylation is 1. The van der Waals surface area contributed by atoms with Crippen LogP contribution >= 0.6 is 0 Å². The number of hydrogen-bond donors (Lipinski definition) is 3. The smallest absolute Gasteiger partial charge is 0.267 e. The van der Waals surface area contributed by atoms with Gasteiger partial charge in [-0.25, -0.2) is 0 Å². The van der Waals surface area contributed by atoms with Crippen LogP contribution in [-0.4, -0.2) is 30.5 Å². The molecule has 4 rings (SSSR count). The summed E-state index contributed by atoms with van der Waals surface area (Å²) in [5.41, 5.74) is 3.81. The zero-order valence-electron chi connectivity index (χ0n) is 18.5. The standard InChI is InChI=1S/C26H25N3O4/c1-17-21(22-7-3-4-8-23(22)28-17)13-14-27-26(31)24(16-20-6-5-15-33-20)29-25(30)18-9-11-19(32-2)12-10-18/h3-12,15-16,28H,13-14H2,1-2H3,(H,27,31)(H,29,30)/b24-16-. The van der Waals surface area contributed by atoms with Crippen LogP contribution in [0.15, 0.2) is 77.0 Å². The minimum absolute atomic E-state index is 0.0985. The number of aromatic nitrogens is 1. The second-order valence-electron chi connectivity index (χ2n) is 7.54. The van der Waals surface area contributed by atoms with Gasteiger partial charge in [0.1, 0.15) is 17.2 Å². The second kappa shape index (κ2) is 9.91. The zero-order valence-corrected chi connectivity index (χ0v) is 18.5. The first-order valence-electron chi connectivity index (χ1n) is 10.6. The van der Waals surface area contributed by atoms with E-state index < -0.39 is 11.8 Å². The highest BCUT2D eigenvalue weighted by Gasteiger charge is 2.16. The molecule has 2 amide bonds. The molecule has 2 aromatic carbocycles. The van der Waals surface area contributed by atoms with E-state index in [4.69, 9.17) is 9.15 Å². The summed E-state index contributed by atoms with van der Waals surface area (Å²) in [7, 11) is 1.56. The quantitative estimate of drug-likeness (QED) is 0.356. The van der Waals surface area contributed by atoms with E-state index in [0.717, 1.165) is 22.2 Å². The number of methoxy groups -OCH3 is 1. The van der Waals surface area contributed by atoms with Gasteiger partial charge >= 0.3 is 0 Å². The lowest BCUT2D eigenvalue weighted by Crippen LogP contribution is -2.35. The summed E-state index contributed by atoms with van der Waals surface area (Å²) in [6, 6.07) is 18.2. The number of aromatic amines is 1. The predicted octanol–water partition coefficient (Wildman–Crippen LogP) is 4.21. The van der Waals surface area contributed by atoms with Gasteiger partial charge in [0.05, 0.1) is 13.4 Å². The monoisotopic (exact) mass is 443 g/mol. The summed E-state index contributed by atoms with van der Waals surface area (Å²) < 4.78 is 10.5. The van der Waals surface area contributed by atoms with Gasteiger partial charge in [0, 0.05) is 34.8 Å². The summed E-state index contributed by atoms with van der Waals surface area (Å²) in [6.07, 6.45) is 3.67. The first kappa shape index (κ1) is 22.0. The molecule has 0 atom stereocenters. The zero-order chi connectivity index (χ0) is 23.2. The van der Waals surface area contributed by atoms with Crippen molar-refractivity contribution in [2.24, 2.45) is 0 Å². The van der Waals surface area contributed by atoms with E-state index in [0.29, 0.717) is 30.0 Å². The Kier molecular flexibility index (Phi) is 6.59. The van der Waals surface area contributed by atoms with E-state index in [1.807, 2.05) is 25.1 Å². The average Bonchev–Trinajstić information content (AvgIpc) is 3.46. The Balaban J connectivity index is 1.46. The number of carbonyl (C=O) groups is 2. The van der Waals surface area contributed by atoms with Crippen molar-refractivity contribution < 1.29 is 18.7 Å². The Labute approximate surface area is 191 Å². The lowest BCUT2D eigenvalue weighted by molar-refractivity contribution is -0.117. The van der Waals surface area contributed by atoms with Gasteiger partial charge in [-0.3, -0.25) is 9.59 Å². The van der Waals surface area contributed by atoms with Gasteiger partial charge in [0.15, 0.2) is 0 Å². The number of amides is 2. The lowest BCUT2D eigenvalue weighted by atomic mass is 10.1. The number of para-hydroxylation sites is 1. The molecule has 3 N–H and O–H groups in total. The van der Waals surface area contributed by atoms with Crippen LogP contribution in [0, 0.1) is 6.92 Å². The van der Waals surface area contributed by atoms with Crippen molar-refractivity contribution in [3.8, 4) is 5.75 Å². The minimum atomic E-state index is -0.405. The number of carbonyl (C=O) groups excluding carboxylic acids is 2. The van der Waals surface area contributed by atoms with E-state index in [-0.39, 0.29) is 5.70 Å². The van der Waals surface area contributed by atoms with Crippen molar-refractivity contribution in [1.29, 1.82) is 0 Å². The fraction of sp³-hybridized carbons (Fsp3) is 0.154. The van der Waals surface area contributed by atoms with Crippen molar-refractivity contribution in [3.05, 3.63) is 95.2 Å². The van der Waals surface area contributed by atoms with Crippen LogP contribution < -0.4 is 15.4 Å². The normalized spacial score (nSPS) is 11.4. The van der Waals surface area contributed by atoms with E-state index in [1.165, 1.54) is 12.3 Å². The maximum absolute atomic E-state index is 13.0. The van der Waals surface area contributed by atoms with Crippen LogP contribution in [0.4, 0.5) is 0 Å². The number of fused-ring (bicyclic) bond motifs is 1. The molecule has 0 spiro atoms. The SMILES string of the molecule is COc1ccc(C(=O)N/C(=C\c2ccco2)C(=O)NCCc2c(C)[nH]c3ccccc23)cc1. The minimum Gasteiger partial charge on any atom is -0.497 e. The van der Waals surface area contributed by atoms with Crippen LogP contribution in [-0.2, 0) is 11.2 Å². The Morgan fingerprint density at radius 1 is 1.06 bits per heavy atom. The van der Waals surface area contributed by atoms with E-state index in [9.17, 15) is 9.59 Å². The molecule has 0 saturated carbocycles. The van der Waals surface area contributed by atoms with Gasteiger partial charge in [-0.2, -0.15) is 0 Å². The topological polar surface area (TPSA) is 96.4 Å². The number of H-pyrrole nitrogens is 1. The number of furan rings is 1. The van der Waals surface area contributed by atoms with Crippen LogP contribution in [0.2, 0.25) is 0 Å². The molecule has 4 aromatic rings. The van der Waals surface area contributed by atoms with Crippen molar-refractivity contribution in [2.45, 2.75) is 13.3 Å². The molecule has 168 valence electrons. The molecule has 33 heavy (non-hydrogen) atoms. The third-order valence-electron chi connectivity index (χ3n) is 5.36. The maximum atomic E-state index is 13.0. The fourth-order valence-electron chi connectivity index (χ4n) is 3.66. The van der Waals surface area contributed by atoms with Crippen LogP contribution in [0.5, 0.6) is 5.75 Å². The molecule has 0 unspecified atom stereocenters. The van der Waals surface area contributed by atoms with Gasteiger partial charge in [-0.15, -0.1) is 0 Å². The third-order valence-corrected chi connectivity index (χ3v) is 5.36. The van der Waals surface area contributed by atoms with Crippen LogP contribution in [0.25, 0.3) is 17.0 Å². The third kappa shape index (κ3) is 5.15. The van der Waals surface area contributed by atoms with Gasteiger partial charge in [-0.05, 0) is 61.4 Å². The Morgan fingerprint density at radius 3 is 2.58 bits per heavy atom. The van der Waals surface area contributed by atoms with E-state index >= 15 is 0 Å². The molecular formula is C26H25N3O4.